The lowest BCUT2D eigenvalue weighted by atomic mass is 9.73. The minimum atomic E-state index is -0.628. The first kappa shape index (κ1) is 12.6. The zero-order valence-corrected chi connectivity index (χ0v) is 13.2. The van der Waals surface area contributed by atoms with Crippen LogP contribution in [0.2, 0.25) is 0 Å². The molecule has 0 spiro atoms. The molecule has 2 aromatic rings. The number of fused-ring (bicyclic) bond motifs is 1. The van der Waals surface area contributed by atoms with Crippen LogP contribution >= 0.6 is 0 Å². The second-order valence-electron chi connectivity index (χ2n) is 7.95. The average molecular weight is 318 g/mol. The fourth-order valence-electron chi connectivity index (χ4n) is 6.60. The molecule has 0 N–H and O–H groups in total. The van der Waals surface area contributed by atoms with E-state index in [1.807, 2.05) is 0 Å². The highest BCUT2D eigenvalue weighted by Crippen LogP contribution is 2.79. The summed E-state index contributed by atoms with van der Waals surface area (Å²) in [4.78, 5) is 0. The van der Waals surface area contributed by atoms with E-state index in [9.17, 15) is 0 Å². The Bertz CT molecular complexity index is 763. The minimum Gasteiger partial charge on any atom is -0.339 e. The minimum absolute atomic E-state index is 0.199. The van der Waals surface area contributed by atoms with E-state index < -0.39 is 11.6 Å². The normalized spacial score (nSPS) is 51.8. The highest BCUT2D eigenvalue weighted by Gasteiger charge is 2.86. The van der Waals surface area contributed by atoms with E-state index in [-0.39, 0.29) is 12.2 Å². The van der Waals surface area contributed by atoms with Gasteiger partial charge in [0.2, 0.25) is 11.6 Å². The molecule has 3 nitrogen and oxygen atoms in total. The van der Waals surface area contributed by atoms with Crippen LogP contribution in [0.1, 0.15) is 17.5 Å². The fraction of sp³-hybridized carbons (Fsp3) is 0.429. The Kier molecular flexibility index (Phi) is 1.99. The summed E-state index contributed by atoms with van der Waals surface area (Å²) in [5.74, 6) is 0.730. The van der Waals surface area contributed by atoms with Crippen molar-refractivity contribution in [3.63, 3.8) is 0 Å². The maximum absolute atomic E-state index is 6.83. The molecule has 3 heteroatoms. The molecule has 8 atom stereocenters. The summed E-state index contributed by atoms with van der Waals surface area (Å²) < 4.78 is 20.1. The molecule has 3 aliphatic heterocycles. The van der Waals surface area contributed by atoms with Crippen molar-refractivity contribution in [2.45, 2.75) is 30.2 Å². The summed E-state index contributed by atoms with van der Waals surface area (Å²) >= 11 is 0. The van der Waals surface area contributed by atoms with Gasteiger partial charge in [-0.15, -0.1) is 0 Å². The first-order chi connectivity index (χ1) is 11.8. The van der Waals surface area contributed by atoms with Crippen molar-refractivity contribution in [1.29, 1.82) is 0 Å². The van der Waals surface area contributed by atoms with Crippen molar-refractivity contribution in [1.82, 2.24) is 0 Å². The molecule has 2 aromatic carbocycles. The van der Waals surface area contributed by atoms with Gasteiger partial charge in [0.1, 0.15) is 0 Å². The molecule has 3 saturated heterocycles. The summed E-state index contributed by atoms with van der Waals surface area (Å²) in [7, 11) is 0. The van der Waals surface area contributed by atoms with E-state index in [1.165, 1.54) is 6.42 Å². The smallest absolute Gasteiger partial charge is 0.202 e. The molecule has 0 amide bonds. The molecule has 120 valence electrons. The summed E-state index contributed by atoms with van der Waals surface area (Å²) in [6.45, 7) is 0. The number of rotatable bonds is 2. The Hall–Kier alpha value is -1.68. The van der Waals surface area contributed by atoms with Crippen molar-refractivity contribution in [3.8, 4) is 0 Å². The van der Waals surface area contributed by atoms with Gasteiger partial charge in [-0.05, 0) is 18.3 Å². The van der Waals surface area contributed by atoms with Crippen LogP contribution in [0.15, 0.2) is 60.7 Å². The van der Waals surface area contributed by atoms with Crippen LogP contribution < -0.4 is 0 Å². The van der Waals surface area contributed by atoms with E-state index in [0.717, 1.165) is 11.1 Å². The van der Waals surface area contributed by atoms with Gasteiger partial charge < -0.3 is 14.2 Å². The van der Waals surface area contributed by atoms with Crippen molar-refractivity contribution >= 4 is 0 Å². The van der Waals surface area contributed by atoms with E-state index >= 15 is 0 Å². The quantitative estimate of drug-likeness (QED) is 0.849. The third-order valence-electron chi connectivity index (χ3n) is 7.18. The monoisotopic (exact) mass is 318 g/mol. The molecule has 2 saturated carbocycles. The van der Waals surface area contributed by atoms with Crippen LogP contribution in [0.5, 0.6) is 0 Å². The Morgan fingerprint density at radius 2 is 1.12 bits per heavy atom. The molecule has 0 radical (unpaired) electrons. The van der Waals surface area contributed by atoms with Crippen molar-refractivity contribution in [2.75, 3.05) is 0 Å². The number of hydrogen-bond donors (Lipinski definition) is 0. The standard InChI is InChI=1S/C21H18O3/c1-3-7-12(8-4-1)20-16-14-11-15-17(16)21(24-20,13-9-5-2-6-10-13)23-19(15)18(14)22-20/h1-10,14-19H,11H2/t14-,15+,16+,17-,18-,19-,20-,21+/m0/s1. The van der Waals surface area contributed by atoms with Crippen molar-refractivity contribution < 1.29 is 14.2 Å². The van der Waals surface area contributed by atoms with Gasteiger partial charge in [0, 0.05) is 23.0 Å². The molecule has 3 heterocycles. The zero-order valence-electron chi connectivity index (χ0n) is 13.2. The fourth-order valence-corrected chi connectivity index (χ4v) is 6.60. The van der Waals surface area contributed by atoms with Crippen molar-refractivity contribution in [3.05, 3.63) is 71.8 Å². The molecule has 2 bridgehead atoms. The molecular formula is C21H18O3. The number of benzene rings is 2. The predicted molar refractivity (Wildman–Crippen MR) is 85.6 cm³/mol. The lowest BCUT2D eigenvalue weighted by Gasteiger charge is -2.32. The van der Waals surface area contributed by atoms with Crippen LogP contribution in [0.4, 0.5) is 0 Å². The summed E-state index contributed by atoms with van der Waals surface area (Å²) in [6, 6.07) is 21.0. The molecule has 24 heavy (non-hydrogen) atoms. The second kappa shape index (κ2) is 3.77. The highest BCUT2D eigenvalue weighted by atomic mass is 16.8. The van der Waals surface area contributed by atoms with Crippen LogP contribution in [-0.4, -0.2) is 12.2 Å². The van der Waals surface area contributed by atoms with E-state index in [0.29, 0.717) is 23.7 Å². The van der Waals surface area contributed by atoms with Gasteiger partial charge >= 0.3 is 0 Å². The molecule has 7 rings (SSSR count). The van der Waals surface area contributed by atoms with Gasteiger partial charge in [0.25, 0.3) is 0 Å². The Labute approximate surface area is 140 Å². The first-order valence-corrected chi connectivity index (χ1v) is 9.00. The topological polar surface area (TPSA) is 27.7 Å². The van der Waals surface area contributed by atoms with Gasteiger partial charge in [0.15, 0.2) is 0 Å². The Balaban J connectivity index is 1.50. The molecular weight excluding hydrogens is 300 g/mol. The van der Waals surface area contributed by atoms with Crippen LogP contribution in [0, 0.1) is 23.7 Å². The molecule has 0 unspecified atom stereocenters. The van der Waals surface area contributed by atoms with Gasteiger partial charge in [-0.25, -0.2) is 0 Å². The summed E-state index contributed by atoms with van der Waals surface area (Å²) in [5, 5.41) is 0. The van der Waals surface area contributed by atoms with E-state index in [4.69, 9.17) is 14.2 Å². The summed E-state index contributed by atoms with van der Waals surface area (Å²) in [5.41, 5.74) is 2.30. The average Bonchev–Trinajstić information content (AvgIpc) is 3.32. The zero-order chi connectivity index (χ0) is 15.5. The Morgan fingerprint density at radius 3 is 1.58 bits per heavy atom. The predicted octanol–water partition coefficient (Wildman–Crippen LogP) is 3.40. The number of hydrogen-bond acceptors (Lipinski definition) is 3. The summed E-state index contributed by atoms with van der Waals surface area (Å²) in [6.07, 6.45) is 1.63. The van der Waals surface area contributed by atoms with Crippen LogP contribution in [0.25, 0.3) is 0 Å². The van der Waals surface area contributed by atoms with Crippen LogP contribution in [-0.2, 0) is 25.8 Å². The van der Waals surface area contributed by atoms with Gasteiger partial charge in [-0.3, -0.25) is 0 Å². The molecule has 5 aliphatic rings. The van der Waals surface area contributed by atoms with Gasteiger partial charge in [-0.1, -0.05) is 60.7 Å². The number of ether oxygens (including phenoxy) is 3. The van der Waals surface area contributed by atoms with Gasteiger partial charge in [-0.2, -0.15) is 0 Å². The second-order valence-corrected chi connectivity index (χ2v) is 7.95. The first-order valence-electron chi connectivity index (χ1n) is 9.00. The largest absolute Gasteiger partial charge is 0.339 e. The van der Waals surface area contributed by atoms with Crippen LogP contribution in [0.3, 0.4) is 0 Å². The maximum Gasteiger partial charge on any atom is 0.202 e. The third-order valence-corrected chi connectivity index (χ3v) is 7.18. The maximum atomic E-state index is 6.83. The lowest BCUT2D eigenvalue weighted by molar-refractivity contribution is -0.302. The highest BCUT2D eigenvalue weighted by molar-refractivity contribution is 5.37. The lowest BCUT2D eigenvalue weighted by Crippen LogP contribution is -2.34. The van der Waals surface area contributed by atoms with E-state index in [1.54, 1.807) is 0 Å². The SMILES string of the molecule is c1ccc([C@]23O[C@H]4[C@H]5C[C@H]6[C@@H]4O[C@](c4ccccc4)(O2)[C@@H]6[C@@H]53)cc1. The van der Waals surface area contributed by atoms with Gasteiger partial charge in [0.05, 0.1) is 12.2 Å². The molecule has 2 aliphatic carbocycles. The van der Waals surface area contributed by atoms with Crippen molar-refractivity contribution in [2.24, 2.45) is 23.7 Å². The van der Waals surface area contributed by atoms with E-state index in [2.05, 4.69) is 60.7 Å². The third kappa shape index (κ3) is 1.12. The Morgan fingerprint density at radius 1 is 0.667 bits per heavy atom. The molecule has 0 aromatic heterocycles. The molecule has 5 fully saturated rings.